The van der Waals surface area contributed by atoms with E-state index in [1.165, 1.54) is 12.8 Å². The molecule has 1 aromatic rings. The third-order valence-electron chi connectivity index (χ3n) is 4.33. The molecule has 3 rings (SSSR count). The molecule has 0 spiro atoms. The smallest absolute Gasteiger partial charge is 0.243 e. The summed E-state index contributed by atoms with van der Waals surface area (Å²) >= 11 is 0. The lowest BCUT2D eigenvalue weighted by Crippen LogP contribution is -2.31. The molecule has 1 aliphatic carbocycles. The largest absolute Gasteiger partial charge is 0.377 e. The van der Waals surface area contributed by atoms with E-state index in [4.69, 9.17) is 4.74 Å². The Kier molecular flexibility index (Phi) is 4.08. The van der Waals surface area contributed by atoms with Crippen molar-refractivity contribution in [3.8, 4) is 0 Å². The lowest BCUT2D eigenvalue weighted by atomic mass is 10.2. The van der Waals surface area contributed by atoms with Gasteiger partial charge in [0, 0.05) is 19.7 Å². The van der Waals surface area contributed by atoms with Gasteiger partial charge in [-0.1, -0.05) is 12.1 Å². The van der Waals surface area contributed by atoms with E-state index in [0.29, 0.717) is 18.0 Å². The SMILES string of the molecule is Cc1ccc(C)c(S(=O)(=O)N2CCC(OCC3CC3)C2)c1. The van der Waals surface area contributed by atoms with Gasteiger partial charge < -0.3 is 4.74 Å². The summed E-state index contributed by atoms with van der Waals surface area (Å²) in [6.07, 6.45) is 3.39. The quantitative estimate of drug-likeness (QED) is 0.839. The second-order valence-electron chi connectivity index (χ2n) is 6.32. The van der Waals surface area contributed by atoms with Crippen LogP contribution in [0.5, 0.6) is 0 Å². The molecule has 0 amide bonds. The maximum Gasteiger partial charge on any atom is 0.243 e. The molecule has 1 atom stereocenters. The molecule has 1 saturated heterocycles. The van der Waals surface area contributed by atoms with Crippen LogP contribution < -0.4 is 0 Å². The van der Waals surface area contributed by atoms with Crippen molar-refractivity contribution in [3.63, 3.8) is 0 Å². The van der Waals surface area contributed by atoms with Crippen molar-refractivity contribution in [2.45, 2.75) is 44.1 Å². The fourth-order valence-corrected chi connectivity index (χ4v) is 4.53. The van der Waals surface area contributed by atoms with Gasteiger partial charge in [0.1, 0.15) is 0 Å². The number of benzene rings is 1. The van der Waals surface area contributed by atoms with Gasteiger partial charge in [-0.05, 0) is 56.2 Å². The fourth-order valence-electron chi connectivity index (χ4n) is 2.73. The number of hydrogen-bond donors (Lipinski definition) is 0. The monoisotopic (exact) mass is 309 g/mol. The Morgan fingerprint density at radius 2 is 2.00 bits per heavy atom. The van der Waals surface area contributed by atoms with Crippen molar-refractivity contribution in [2.24, 2.45) is 5.92 Å². The molecule has 116 valence electrons. The molecule has 0 bridgehead atoms. The van der Waals surface area contributed by atoms with Crippen molar-refractivity contribution < 1.29 is 13.2 Å². The van der Waals surface area contributed by atoms with Crippen LogP contribution in [0.25, 0.3) is 0 Å². The van der Waals surface area contributed by atoms with Crippen molar-refractivity contribution in [2.75, 3.05) is 19.7 Å². The van der Waals surface area contributed by atoms with Crippen LogP contribution in [0.4, 0.5) is 0 Å². The summed E-state index contributed by atoms with van der Waals surface area (Å²) in [5.74, 6) is 0.717. The number of ether oxygens (including phenoxy) is 1. The average molecular weight is 309 g/mol. The van der Waals surface area contributed by atoms with Crippen molar-refractivity contribution in [3.05, 3.63) is 29.3 Å². The highest BCUT2D eigenvalue weighted by Gasteiger charge is 2.34. The van der Waals surface area contributed by atoms with Crippen LogP contribution in [0, 0.1) is 19.8 Å². The molecule has 1 unspecified atom stereocenters. The zero-order valence-corrected chi connectivity index (χ0v) is 13.5. The van der Waals surface area contributed by atoms with Crippen molar-refractivity contribution in [1.82, 2.24) is 4.31 Å². The van der Waals surface area contributed by atoms with E-state index >= 15 is 0 Å². The third kappa shape index (κ3) is 3.30. The molecule has 21 heavy (non-hydrogen) atoms. The first-order chi connectivity index (χ1) is 9.96. The summed E-state index contributed by atoms with van der Waals surface area (Å²) in [4.78, 5) is 0.436. The molecule has 0 aromatic heterocycles. The first kappa shape index (κ1) is 15.0. The topological polar surface area (TPSA) is 46.6 Å². The summed E-state index contributed by atoms with van der Waals surface area (Å²) < 4.78 is 33.0. The molecular formula is C16H23NO3S. The van der Waals surface area contributed by atoms with E-state index in [2.05, 4.69) is 0 Å². The van der Waals surface area contributed by atoms with Gasteiger partial charge in [0.05, 0.1) is 11.0 Å². The van der Waals surface area contributed by atoms with E-state index in [0.717, 1.165) is 30.1 Å². The van der Waals surface area contributed by atoms with Gasteiger partial charge in [-0.3, -0.25) is 0 Å². The first-order valence-corrected chi connectivity index (χ1v) is 9.10. The van der Waals surface area contributed by atoms with Gasteiger partial charge in [-0.15, -0.1) is 0 Å². The molecule has 1 heterocycles. The molecular weight excluding hydrogens is 286 g/mol. The predicted molar refractivity (Wildman–Crippen MR) is 81.8 cm³/mol. The van der Waals surface area contributed by atoms with Gasteiger partial charge in [0.2, 0.25) is 10.0 Å². The second kappa shape index (κ2) is 5.71. The number of aryl methyl sites for hydroxylation is 2. The summed E-state index contributed by atoms with van der Waals surface area (Å²) in [5.41, 5.74) is 1.78. The molecule has 2 aliphatic rings. The predicted octanol–water partition coefficient (Wildman–Crippen LogP) is 2.49. The van der Waals surface area contributed by atoms with Crippen LogP contribution in [-0.4, -0.2) is 38.5 Å². The third-order valence-corrected chi connectivity index (χ3v) is 6.34. The number of nitrogens with zero attached hydrogens (tertiary/aromatic N) is 1. The summed E-state index contributed by atoms with van der Waals surface area (Å²) in [6.45, 7) is 5.61. The van der Waals surface area contributed by atoms with Crippen LogP contribution in [0.3, 0.4) is 0 Å². The van der Waals surface area contributed by atoms with E-state index in [1.807, 2.05) is 26.0 Å². The van der Waals surface area contributed by atoms with Crippen molar-refractivity contribution in [1.29, 1.82) is 0 Å². The van der Waals surface area contributed by atoms with Gasteiger partial charge in [0.15, 0.2) is 0 Å². The molecule has 4 nitrogen and oxygen atoms in total. The highest BCUT2D eigenvalue weighted by atomic mass is 32.2. The van der Waals surface area contributed by atoms with Crippen LogP contribution in [0.2, 0.25) is 0 Å². The van der Waals surface area contributed by atoms with E-state index < -0.39 is 10.0 Å². The van der Waals surface area contributed by atoms with Gasteiger partial charge in [-0.25, -0.2) is 8.42 Å². The van der Waals surface area contributed by atoms with E-state index in [9.17, 15) is 8.42 Å². The summed E-state index contributed by atoms with van der Waals surface area (Å²) in [7, 11) is -3.39. The zero-order valence-electron chi connectivity index (χ0n) is 12.7. The van der Waals surface area contributed by atoms with Crippen molar-refractivity contribution >= 4 is 10.0 Å². The Bertz CT molecular complexity index is 622. The lowest BCUT2D eigenvalue weighted by molar-refractivity contribution is 0.0561. The normalized spacial score (nSPS) is 23.6. The Hall–Kier alpha value is -0.910. The first-order valence-electron chi connectivity index (χ1n) is 7.66. The Labute approximate surface area is 127 Å². The van der Waals surface area contributed by atoms with E-state index in [1.54, 1.807) is 10.4 Å². The minimum atomic E-state index is -3.39. The number of rotatable bonds is 5. The number of sulfonamides is 1. The maximum atomic E-state index is 12.8. The minimum absolute atomic E-state index is 0.0606. The highest BCUT2D eigenvalue weighted by Crippen LogP contribution is 2.31. The maximum absolute atomic E-state index is 12.8. The summed E-state index contributed by atoms with van der Waals surface area (Å²) in [5, 5.41) is 0. The van der Waals surface area contributed by atoms with Gasteiger partial charge >= 0.3 is 0 Å². The van der Waals surface area contributed by atoms with E-state index in [-0.39, 0.29) is 6.10 Å². The average Bonchev–Trinajstić information content (AvgIpc) is 3.15. The summed E-state index contributed by atoms with van der Waals surface area (Å²) in [6, 6.07) is 5.59. The van der Waals surface area contributed by atoms with Gasteiger partial charge in [-0.2, -0.15) is 4.31 Å². The molecule has 5 heteroatoms. The second-order valence-corrected chi connectivity index (χ2v) is 8.23. The fraction of sp³-hybridized carbons (Fsp3) is 0.625. The molecule has 0 radical (unpaired) electrons. The minimum Gasteiger partial charge on any atom is -0.377 e. The Morgan fingerprint density at radius 3 is 2.71 bits per heavy atom. The van der Waals surface area contributed by atoms with Crippen LogP contribution >= 0.6 is 0 Å². The zero-order chi connectivity index (χ0) is 15.0. The Morgan fingerprint density at radius 1 is 1.24 bits per heavy atom. The molecule has 1 saturated carbocycles. The lowest BCUT2D eigenvalue weighted by Gasteiger charge is -2.18. The Balaban J connectivity index is 1.71. The van der Waals surface area contributed by atoms with Gasteiger partial charge in [0.25, 0.3) is 0 Å². The molecule has 1 aromatic carbocycles. The highest BCUT2D eigenvalue weighted by molar-refractivity contribution is 7.89. The standard InChI is InChI=1S/C16H23NO3S/c1-12-3-4-13(2)16(9-12)21(18,19)17-8-7-15(10-17)20-11-14-5-6-14/h3-4,9,14-15H,5-8,10-11H2,1-2H3. The van der Waals surface area contributed by atoms with Crippen LogP contribution in [0.15, 0.2) is 23.1 Å². The molecule has 1 aliphatic heterocycles. The molecule has 2 fully saturated rings. The van der Waals surface area contributed by atoms with Crippen LogP contribution in [0.1, 0.15) is 30.4 Å². The number of hydrogen-bond acceptors (Lipinski definition) is 3. The molecule has 0 N–H and O–H groups in total. The van der Waals surface area contributed by atoms with Crippen LogP contribution in [-0.2, 0) is 14.8 Å².